The van der Waals surface area contributed by atoms with Crippen LogP contribution in [0.1, 0.15) is 71.6 Å². The number of aliphatic hydroxyl groups excluding tert-OH is 1. The Balaban J connectivity index is 0.00000324. The van der Waals surface area contributed by atoms with E-state index in [1.54, 1.807) is 6.08 Å². The molecule has 8 nitrogen and oxygen atoms in total. The van der Waals surface area contributed by atoms with Crippen LogP contribution < -0.4 is 0 Å². The van der Waals surface area contributed by atoms with Gasteiger partial charge in [-0.2, -0.15) is 0 Å². The molecule has 0 aromatic heterocycles. The van der Waals surface area contributed by atoms with Gasteiger partial charge < -0.3 is 20.1 Å². The van der Waals surface area contributed by atoms with Gasteiger partial charge in [-0.1, -0.05) is 19.4 Å². The van der Waals surface area contributed by atoms with Gasteiger partial charge in [0.15, 0.2) is 12.4 Å². The monoisotopic (exact) mass is 486 g/mol. The molecule has 0 aliphatic heterocycles. The first-order chi connectivity index (χ1) is 15.4. The van der Waals surface area contributed by atoms with Crippen LogP contribution in [0.2, 0.25) is 0 Å². The number of hydrogen-bond donors (Lipinski definition) is 3. The number of carboxylic acid groups (broad SMARTS) is 1. The Labute approximate surface area is 221 Å². The summed E-state index contributed by atoms with van der Waals surface area (Å²) in [6, 6.07) is 0. The van der Waals surface area contributed by atoms with E-state index in [4.69, 9.17) is 9.84 Å². The fourth-order valence-corrected chi connectivity index (χ4v) is 7.70. The van der Waals surface area contributed by atoms with Crippen molar-refractivity contribution in [2.75, 3.05) is 6.61 Å². The zero-order valence-corrected chi connectivity index (χ0v) is 19.3. The van der Waals surface area contributed by atoms with Crippen LogP contribution in [0.3, 0.4) is 0 Å². The van der Waals surface area contributed by atoms with E-state index in [9.17, 15) is 29.4 Å². The number of aliphatic hydroxyl groups is 2. The van der Waals surface area contributed by atoms with E-state index < -0.39 is 41.4 Å². The summed E-state index contributed by atoms with van der Waals surface area (Å²) in [7, 11) is 0. The Morgan fingerprint density at radius 2 is 1.82 bits per heavy atom. The number of carboxylic acids is 1. The number of Topliss-reactive ketones (excluding diaryl/α,β-unsaturated/α-hetero) is 1. The van der Waals surface area contributed by atoms with Crippen LogP contribution in [-0.4, -0.2) is 86.7 Å². The summed E-state index contributed by atoms with van der Waals surface area (Å²) >= 11 is 0. The van der Waals surface area contributed by atoms with E-state index in [1.807, 2.05) is 6.92 Å². The molecule has 0 saturated heterocycles. The number of fused-ring (bicyclic) bond motifs is 5. The molecule has 0 aromatic rings. The molecule has 0 amide bonds. The minimum absolute atomic E-state index is 0. The van der Waals surface area contributed by atoms with Crippen molar-refractivity contribution < 1.29 is 39.2 Å². The Bertz CT molecular complexity index is 915. The maximum absolute atomic E-state index is 13.1. The summed E-state index contributed by atoms with van der Waals surface area (Å²) in [5.41, 5.74) is -1.68. The number of aliphatic carboxylic acids is 1. The number of ketones is 2. The second-order valence-corrected chi connectivity index (χ2v) is 11.0. The van der Waals surface area contributed by atoms with Crippen LogP contribution in [0.25, 0.3) is 0 Å². The third-order valence-corrected chi connectivity index (χ3v) is 9.42. The Hall–Kier alpha value is -1.06. The van der Waals surface area contributed by atoms with Crippen LogP contribution >= 0.6 is 0 Å². The summed E-state index contributed by atoms with van der Waals surface area (Å²) in [6.45, 7) is 3.41. The van der Waals surface area contributed by atoms with Gasteiger partial charge in [0.05, 0.1) is 18.9 Å². The predicted octanol–water partition coefficient (Wildman–Crippen LogP) is 1.55. The van der Waals surface area contributed by atoms with Crippen molar-refractivity contribution in [3.8, 4) is 0 Å². The summed E-state index contributed by atoms with van der Waals surface area (Å²) in [5, 5.41) is 31.6. The Morgan fingerprint density at radius 3 is 2.50 bits per heavy atom. The number of hydrogen-bond acceptors (Lipinski definition) is 7. The molecule has 0 heterocycles. The van der Waals surface area contributed by atoms with E-state index in [2.05, 4.69) is 6.92 Å². The first-order valence-electron chi connectivity index (χ1n) is 12.0. The first-order valence-corrected chi connectivity index (χ1v) is 12.0. The van der Waals surface area contributed by atoms with Crippen molar-refractivity contribution in [3.05, 3.63) is 11.6 Å². The van der Waals surface area contributed by atoms with Crippen LogP contribution in [-0.2, 0) is 23.9 Å². The maximum atomic E-state index is 13.1. The number of esters is 1. The van der Waals surface area contributed by atoms with Crippen LogP contribution in [0.15, 0.2) is 11.6 Å². The van der Waals surface area contributed by atoms with Crippen LogP contribution in [0, 0.1) is 28.6 Å². The normalized spacial score (nSPS) is 40.7. The van der Waals surface area contributed by atoms with Crippen molar-refractivity contribution in [1.82, 2.24) is 0 Å². The van der Waals surface area contributed by atoms with Crippen molar-refractivity contribution in [1.29, 1.82) is 0 Å². The third-order valence-electron chi connectivity index (χ3n) is 9.42. The second kappa shape index (κ2) is 9.77. The molecular formula is C25H35NaO8. The van der Waals surface area contributed by atoms with E-state index in [1.165, 1.54) is 0 Å². The molecule has 0 unspecified atom stereocenters. The van der Waals surface area contributed by atoms with E-state index in [0.717, 1.165) is 24.8 Å². The van der Waals surface area contributed by atoms with Gasteiger partial charge in [-0.15, -0.1) is 0 Å². The van der Waals surface area contributed by atoms with E-state index in [-0.39, 0.29) is 84.2 Å². The van der Waals surface area contributed by atoms with Gasteiger partial charge in [-0.3, -0.25) is 19.2 Å². The topological polar surface area (TPSA) is 138 Å². The van der Waals surface area contributed by atoms with Gasteiger partial charge in [-0.05, 0) is 67.8 Å². The molecule has 3 saturated carbocycles. The average Bonchev–Trinajstić information content (AvgIpc) is 3.02. The van der Waals surface area contributed by atoms with Crippen molar-refractivity contribution >= 4 is 53.1 Å². The van der Waals surface area contributed by atoms with Gasteiger partial charge in [0.25, 0.3) is 0 Å². The van der Waals surface area contributed by atoms with Crippen molar-refractivity contribution in [2.24, 2.45) is 28.6 Å². The third kappa shape index (κ3) is 4.34. The summed E-state index contributed by atoms with van der Waals surface area (Å²) in [6.07, 6.45) is 4.30. The molecule has 0 spiro atoms. The molecule has 9 heteroatoms. The molecule has 0 aromatic carbocycles. The SMILES string of the molecule is C[C@]12CCC(=O)C=C1CC[C@@H]1[C@@H]2[C@@H](O)C[C@@]2(C)[C@H]1CC[C@]2(O)C(=O)COC(=O)CCC(=O)O.[NaH]. The van der Waals surface area contributed by atoms with E-state index >= 15 is 0 Å². The molecular weight excluding hydrogens is 451 g/mol. The molecule has 7 atom stereocenters. The first kappa shape index (κ1) is 27.5. The molecule has 0 bridgehead atoms. The standard InChI is InChI=1S/C25H34O8.Na.H/c1-23-9-7-15(26)11-14(23)3-4-16-17-8-10-25(32,24(17,2)12-18(27)22(16)23)19(28)13-33-21(31)6-5-20(29)30;;/h11,16-18,22,27,32H,3-10,12-13H2,1-2H3,(H,29,30);;/t16-,17-,18-,22+,23-,24-,25-;;/m0../s1. The molecule has 0 radical (unpaired) electrons. The molecule has 3 fully saturated rings. The number of carbonyl (C=O) groups excluding carboxylic acids is 3. The number of rotatable bonds is 6. The molecule has 3 N–H and O–H groups in total. The fourth-order valence-electron chi connectivity index (χ4n) is 7.70. The van der Waals surface area contributed by atoms with Crippen molar-refractivity contribution in [3.63, 3.8) is 0 Å². The number of allylic oxidation sites excluding steroid dienone is 1. The van der Waals surface area contributed by atoms with Gasteiger partial charge >= 0.3 is 41.5 Å². The Morgan fingerprint density at radius 1 is 1.12 bits per heavy atom. The van der Waals surface area contributed by atoms with Crippen LogP contribution in [0.4, 0.5) is 0 Å². The van der Waals surface area contributed by atoms with Gasteiger partial charge in [-0.25, -0.2) is 0 Å². The Kier molecular flexibility index (Phi) is 7.91. The summed E-state index contributed by atoms with van der Waals surface area (Å²) < 4.78 is 4.97. The zero-order valence-electron chi connectivity index (χ0n) is 19.3. The predicted molar refractivity (Wildman–Crippen MR) is 123 cm³/mol. The zero-order chi connectivity index (χ0) is 24.2. The quantitative estimate of drug-likeness (QED) is 0.380. The van der Waals surface area contributed by atoms with Crippen LogP contribution in [0.5, 0.6) is 0 Å². The second-order valence-electron chi connectivity index (χ2n) is 11.0. The number of ether oxygens (including phenoxy) is 1. The van der Waals surface area contributed by atoms with Gasteiger partial charge in [0, 0.05) is 11.8 Å². The van der Waals surface area contributed by atoms with Gasteiger partial charge in [0.2, 0.25) is 5.78 Å². The molecule has 4 rings (SSSR count). The molecule has 34 heavy (non-hydrogen) atoms. The number of carbonyl (C=O) groups is 4. The minimum atomic E-state index is -1.71. The van der Waals surface area contributed by atoms with Crippen molar-refractivity contribution in [2.45, 2.75) is 83.3 Å². The van der Waals surface area contributed by atoms with E-state index in [0.29, 0.717) is 12.8 Å². The fraction of sp³-hybridized carbons (Fsp3) is 0.760. The summed E-state index contributed by atoms with van der Waals surface area (Å²) in [4.78, 5) is 47.5. The molecule has 4 aliphatic carbocycles. The summed E-state index contributed by atoms with van der Waals surface area (Å²) in [5.74, 6) is -2.20. The average molecular weight is 487 g/mol. The molecule has 184 valence electrons. The molecule has 4 aliphatic rings. The van der Waals surface area contributed by atoms with Gasteiger partial charge in [0.1, 0.15) is 5.60 Å².